The summed E-state index contributed by atoms with van der Waals surface area (Å²) < 4.78 is 0. The van der Waals surface area contributed by atoms with Crippen molar-refractivity contribution < 1.29 is 0 Å². The van der Waals surface area contributed by atoms with Crippen molar-refractivity contribution in [3.8, 4) is 0 Å². The molecule has 0 saturated carbocycles. The normalized spacial score (nSPS) is 14.0. The Morgan fingerprint density at radius 2 is 1.27 bits per heavy atom. The van der Waals surface area contributed by atoms with Crippen LogP contribution in [-0.4, -0.2) is 15.5 Å². The molecule has 1 atom stereocenters. The standard InChI is InChI=1S/C12H31PSi2/c1-7-11-14(5,6)13-15(9-3,10-4)12-8-2/h13H,7-12H2,1-6H3. The third-order valence-corrected chi connectivity index (χ3v) is 28.8. The van der Waals surface area contributed by atoms with E-state index < -0.39 is 15.5 Å². The van der Waals surface area contributed by atoms with E-state index in [1.807, 2.05) is 0 Å². The third kappa shape index (κ3) is 5.65. The molecule has 0 N–H and O–H groups in total. The van der Waals surface area contributed by atoms with Gasteiger partial charge in [0.15, 0.2) is 0 Å². The SMILES string of the molecule is CCC[Si](C)(C)P[Si](CC)(CC)CCC. The van der Waals surface area contributed by atoms with Crippen molar-refractivity contribution in [1.29, 1.82) is 0 Å². The van der Waals surface area contributed by atoms with Crippen molar-refractivity contribution in [3.05, 3.63) is 0 Å². The second kappa shape index (κ2) is 7.24. The second-order valence-corrected chi connectivity index (χ2v) is 24.7. The van der Waals surface area contributed by atoms with E-state index in [4.69, 9.17) is 0 Å². The quantitative estimate of drug-likeness (QED) is 0.390. The van der Waals surface area contributed by atoms with Crippen LogP contribution in [0.2, 0.25) is 37.3 Å². The molecule has 0 aliphatic carbocycles. The first-order chi connectivity index (χ1) is 6.95. The smallest absolute Gasteiger partial charge is 0.0733 e. The van der Waals surface area contributed by atoms with Crippen molar-refractivity contribution in [2.45, 2.75) is 77.8 Å². The molecular formula is C12H31PSi2. The first kappa shape index (κ1) is 15.9. The second-order valence-electron chi connectivity index (χ2n) is 5.50. The molecule has 0 aliphatic rings. The molecule has 0 amide bonds. The van der Waals surface area contributed by atoms with Crippen molar-refractivity contribution in [2.75, 3.05) is 0 Å². The Morgan fingerprint density at radius 1 is 0.800 bits per heavy atom. The molecule has 0 aromatic rings. The molecule has 0 spiro atoms. The number of hydrogen-bond acceptors (Lipinski definition) is 0. The Morgan fingerprint density at radius 3 is 1.60 bits per heavy atom. The van der Waals surface area contributed by atoms with E-state index >= 15 is 0 Å². The van der Waals surface area contributed by atoms with Crippen LogP contribution in [0.4, 0.5) is 0 Å². The maximum atomic E-state index is 2.64. The highest BCUT2D eigenvalue weighted by molar-refractivity contribution is 8.07. The largest absolute Gasteiger partial charge is 0.144 e. The summed E-state index contributed by atoms with van der Waals surface area (Å²) >= 11 is 0. The molecule has 0 aliphatic heterocycles. The van der Waals surface area contributed by atoms with Gasteiger partial charge in [-0.25, -0.2) is 0 Å². The minimum Gasteiger partial charge on any atom is -0.144 e. The average Bonchev–Trinajstić information content (AvgIpc) is 2.16. The number of hydrogen-bond donors (Lipinski definition) is 0. The van der Waals surface area contributed by atoms with Gasteiger partial charge in [-0.15, -0.1) is 7.68 Å². The van der Waals surface area contributed by atoms with Crippen LogP contribution in [0.5, 0.6) is 0 Å². The van der Waals surface area contributed by atoms with Crippen molar-refractivity contribution in [2.24, 2.45) is 0 Å². The first-order valence-electron chi connectivity index (χ1n) is 6.74. The molecule has 0 aromatic heterocycles. The molecule has 92 valence electrons. The van der Waals surface area contributed by atoms with Gasteiger partial charge in [0.25, 0.3) is 0 Å². The fraction of sp³-hybridized carbons (Fsp3) is 1.00. The van der Waals surface area contributed by atoms with Crippen molar-refractivity contribution in [3.63, 3.8) is 0 Å². The Bertz CT molecular complexity index is 165. The van der Waals surface area contributed by atoms with Crippen molar-refractivity contribution in [1.82, 2.24) is 0 Å². The highest BCUT2D eigenvalue weighted by Crippen LogP contribution is 2.47. The van der Waals surface area contributed by atoms with Gasteiger partial charge in [-0.3, -0.25) is 0 Å². The monoisotopic (exact) mass is 262 g/mol. The zero-order valence-corrected chi connectivity index (χ0v) is 14.7. The molecule has 0 saturated heterocycles. The molecule has 0 radical (unpaired) electrons. The van der Waals surface area contributed by atoms with Crippen LogP contribution < -0.4 is 0 Å². The lowest BCUT2D eigenvalue weighted by Crippen LogP contribution is -2.34. The van der Waals surface area contributed by atoms with Gasteiger partial charge in [-0.2, -0.15) is 0 Å². The van der Waals surface area contributed by atoms with Gasteiger partial charge >= 0.3 is 0 Å². The molecule has 15 heavy (non-hydrogen) atoms. The molecule has 0 rings (SSSR count). The summed E-state index contributed by atoms with van der Waals surface area (Å²) in [5, 5.41) is 0. The third-order valence-electron chi connectivity index (χ3n) is 3.56. The van der Waals surface area contributed by atoms with E-state index in [-0.39, 0.29) is 0 Å². The highest BCUT2D eigenvalue weighted by atomic mass is 31.6. The predicted octanol–water partition coefficient (Wildman–Crippen LogP) is 5.68. The van der Waals surface area contributed by atoms with Crippen LogP contribution in [0.1, 0.15) is 40.5 Å². The zero-order valence-electron chi connectivity index (χ0n) is 11.7. The van der Waals surface area contributed by atoms with Crippen LogP contribution in [0, 0.1) is 0 Å². The lowest BCUT2D eigenvalue weighted by atomic mass is 10.6. The molecule has 0 fully saturated rings. The van der Waals surface area contributed by atoms with Crippen LogP contribution in [0.15, 0.2) is 0 Å². The minimum absolute atomic E-state index is 0.827. The van der Waals surface area contributed by atoms with Gasteiger partial charge in [0.2, 0.25) is 0 Å². The predicted molar refractivity (Wildman–Crippen MR) is 82.7 cm³/mol. The van der Waals surface area contributed by atoms with E-state index in [0.717, 1.165) is 0 Å². The molecule has 0 bridgehead atoms. The van der Waals surface area contributed by atoms with Crippen LogP contribution in [0.25, 0.3) is 0 Å². The van der Waals surface area contributed by atoms with Gasteiger partial charge in [0.1, 0.15) is 0 Å². The van der Waals surface area contributed by atoms with Gasteiger partial charge in [0, 0.05) is 0 Å². The first-order valence-corrected chi connectivity index (χ1v) is 15.6. The summed E-state index contributed by atoms with van der Waals surface area (Å²) in [4.78, 5) is 0. The van der Waals surface area contributed by atoms with Gasteiger partial charge in [0.05, 0.1) is 15.5 Å². The van der Waals surface area contributed by atoms with E-state index in [1.54, 1.807) is 12.1 Å². The summed E-state index contributed by atoms with van der Waals surface area (Å²) in [6, 6.07) is 6.23. The Balaban J connectivity index is 4.50. The average molecular weight is 263 g/mol. The molecular weight excluding hydrogens is 231 g/mol. The maximum Gasteiger partial charge on any atom is 0.0733 e. The Hall–Kier alpha value is 0.864. The Labute approximate surface area is 101 Å². The van der Waals surface area contributed by atoms with Gasteiger partial charge in [-0.1, -0.05) is 77.8 Å². The molecule has 0 nitrogen and oxygen atoms in total. The van der Waals surface area contributed by atoms with Crippen LogP contribution in [-0.2, 0) is 0 Å². The van der Waals surface area contributed by atoms with E-state index in [0.29, 0.717) is 0 Å². The van der Waals surface area contributed by atoms with Gasteiger partial charge < -0.3 is 0 Å². The summed E-state index contributed by atoms with van der Waals surface area (Å²) in [5.74, 6) is 0. The summed E-state index contributed by atoms with van der Waals surface area (Å²) in [7, 11) is -0.243. The summed E-state index contributed by atoms with van der Waals surface area (Å²) in [6.07, 6.45) is 2.84. The summed E-state index contributed by atoms with van der Waals surface area (Å²) in [5.41, 5.74) is 0. The Kier molecular flexibility index (Phi) is 7.66. The van der Waals surface area contributed by atoms with E-state index in [2.05, 4.69) is 40.8 Å². The topological polar surface area (TPSA) is 0 Å². The highest BCUT2D eigenvalue weighted by Gasteiger charge is 2.35. The number of rotatable bonds is 8. The fourth-order valence-corrected chi connectivity index (χ4v) is 34.2. The van der Waals surface area contributed by atoms with E-state index in [9.17, 15) is 0 Å². The molecule has 3 heteroatoms. The lowest BCUT2D eigenvalue weighted by molar-refractivity contribution is 1.03. The summed E-state index contributed by atoms with van der Waals surface area (Å²) in [6.45, 7) is 14.9. The maximum absolute atomic E-state index is 2.64. The lowest BCUT2D eigenvalue weighted by Gasteiger charge is -2.37. The van der Waals surface area contributed by atoms with Crippen molar-refractivity contribution >= 4 is 23.2 Å². The van der Waals surface area contributed by atoms with E-state index in [1.165, 1.54) is 32.6 Å². The van der Waals surface area contributed by atoms with Crippen LogP contribution in [0.3, 0.4) is 0 Å². The molecule has 0 aromatic carbocycles. The molecule has 1 unspecified atom stereocenters. The zero-order chi connectivity index (χ0) is 11.9. The molecule has 0 heterocycles. The minimum atomic E-state index is -0.828. The van der Waals surface area contributed by atoms with Crippen LogP contribution >= 0.6 is 7.68 Å². The fourth-order valence-electron chi connectivity index (χ4n) is 2.73. The van der Waals surface area contributed by atoms with Gasteiger partial charge in [-0.05, 0) is 0 Å².